The molecule has 1 amide bonds. The largest absolute Gasteiger partial charge is 0.466 e. The van der Waals surface area contributed by atoms with Gasteiger partial charge in [-0.3, -0.25) is 9.59 Å². The molecular weight excluding hydrogens is 1060 g/mol. The number of allylic oxidation sites excluding steroid dienone is 3. The number of carbonyl (C=O) groups excluding carboxylic acids is 2. The monoisotopic (exact) mass is 1200 g/mol. The second-order valence-corrected chi connectivity index (χ2v) is 26.0. The third-order valence-electron chi connectivity index (χ3n) is 17.8. The van der Waals surface area contributed by atoms with Crippen LogP contribution in [-0.4, -0.2) is 100 Å². The number of rotatable bonds is 66. The number of nitrogens with one attached hydrogen (secondary N) is 1. The minimum Gasteiger partial charge on any atom is -0.466 e. The van der Waals surface area contributed by atoms with E-state index in [0.717, 1.165) is 51.4 Å². The molecule has 11 nitrogen and oxygen atoms in total. The summed E-state index contributed by atoms with van der Waals surface area (Å²) < 4.78 is 16.7. The average Bonchev–Trinajstić information content (AvgIpc) is 3.34. The first-order chi connectivity index (χ1) is 41.7. The van der Waals surface area contributed by atoms with Gasteiger partial charge in [0.05, 0.1) is 32.0 Å². The van der Waals surface area contributed by atoms with E-state index in [-0.39, 0.29) is 18.5 Å². The van der Waals surface area contributed by atoms with Crippen molar-refractivity contribution in [2.75, 3.05) is 19.8 Å². The molecule has 7 unspecified atom stereocenters. The fourth-order valence-electron chi connectivity index (χ4n) is 12.0. The lowest BCUT2D eigenvalue weighted by Crippen LogP contribution is -2.60. The van der Waals surface area contributed by atoms with Crippen LogP contribution in [0.25, 0.3) is 0 Å². The lowest BCUT2D eigenvalue weighted by atomic mass is 9.99. The van der Waals surface area contributed by atoms with Crippen molar-refractivity contribution in [2.45, 2.75) is 416 Å². The molecule has 0 aromatic heterocycles. The molecule has 0 aliphatic carbocycles. The number of hydrogen-bond donors (Lipinski definition) is 6. The number of hydrogen-bond acceptors (Lipinski definition) is 10. The number of ether oxygens (including phenoxy) is 3. The SMILES string of the molecule is CCCCC/C=C/CC/C=C/C(O)C(COC1OC(CO)C(O)C(O)C1O)NC(=O)CCCCCCCCCCCCCCCCCCCCCCCCCCCCCCCCCCCCCCCOC(=O)CCCCCCCCCCCCC. The van der Waals surface area contributed by atoms with E-state index in [0.29, 0.717) is 19.4 Å². The number of unbranched alkanes of at least 4 members (excludes halogenated alkanes) is 50. The Morgan fingerprint density at radius 1 is 0.424 bits per heavy atom. The van der Waals surface area contributed by atoms with Crippen LogP contribution in [-0.2, 0) is 23.8 Å². The molecule has 0 aromatic rings. The molecule has 0 aromatic carbocycles. The van der Waals surface area contributed by atoms with Gasteiger partial charge in [0.2, 0.25) is 5.91 Å². The van der Waals surface area contributed by atoms with E-state index in [9.17, 15) is 35.1 Å². The van der Waals surface area contributed by atoms with Gasteiger partial charge in [0.25, 0.3) is 0 Å². The minimum atomic E-state index is -1.57. The summed E-state index contributed by atoms with van der Waals surface area (Å²) in [5, 5.41) is 54.3. The Morgan fingerprint density at radius 3 is 1.16 bits per heavy atom. The molecule has 1 rings (SSSR count). The lowest BCUT2D eigenvalue weighted by molar-refractivity contribution is -0.302. The van der Waals surface area contributed by atoms with Crippen molar-refractivity contribution in [3.8, 4) is 0 Å². The van der Waals surface area contributed by atoms with Gasteiger partial charge in [-0.1, -0.05) is 340 Å². The van der Waals surface area contributed by atoms with Crippen LogP contribution in [0, 0.1) is 0 Å². The van der Waals surface area contributed by atoms with Crippen LogP contribution in [0.5, 0.6) is 0 Å². The van der Waals surface area contributed by atoms with Crippen molar-refractivity contribution in [1.29, 1.82) is 0 Å². The number of amides is 1. The van der Waals surface area contributed by atoms with Crippen molar-refractivity contribution in [3.05, 3.63) is 24.3 Å². The predicted molar refractivity (Wildman–Crippen MR) is 357 cm³/mol. The first-order valence-electron chi connectivity index (χ1n) is 37.1. The van der Waals surface area contributed by atoms with Crippen LogP contribution >= 0.6 is 0 Å². The highest BCUT2D eigenvalue weighted by Crippen LogP contribution is 2.24. The molecule has 0 saturated carbocycles. The van der Waals surface area contributed by atoms with E-state index < -0.39 is 49.5 Å². The molecule has 85 heavy (non-hydrogen) atoms. The van der Waals surface area contributed by atoms with E-state index in [1.807, 2.05) is 6.08 Å². The highest BCUT2D eigenvalue weighted by atomic mass is 16.7. The molecule has 0 spiro atoms. The predicted octanol–water partition coefficient (Wildman–Crippen LogP) is 19.2. The minimum absolute atomic E-state index is 0.0172. The molecule has 502 valence electrons. The number of aliphatic hydroxyl groups is 5. The van der Waals surface area contributed by atoms with Crippen LogP contribution in [0.2, 0.25) is 0 Å². The maximum atomic E-state index is 13.0. The van der Waals surface area contributed by atoms with Crippen molar-refractivity contribution < 1.29 is 49.3 Å². The molecular formula is C74H141NO10. The van der Waals surface area contributed by atoms with Gasteiger partial charge in [-0.2, -0.15) is 0 Å². The van der Waals surface area contributed by atoms with Gasteiger partial charge in [0, 0.05) is 12.8 Å². The molecule has 6 N–H and O–H groups in total. The summed E-state index contributed by atoms with van der Waals surface area (Å²) in [7, 11) is 0. The fraction of sp³-hybridized carbons (Fsp3) is 0.919. The van der Waals surface area contributed by atoms with Gasteiger partial charge in [-0.25, -0.2) is 0 Å². The molecule has 0 radical (unpaired) electrons. The zero-order valence-corrected chi connectivity index (χ0v) is 55.8. The second-order valence-electron chi connectivity index (χ2n) is 26.0. The van der Waals surface area contributed by atoms with Gasteiger partial charge in [-0.05, 0) is 44.9 Å². The Labute approximate surface area is 524 Å². The third kappa shape index (κ3) is 52.6. The molecule has 1 aliphatic heterocycles. The van der Waals surface area contributed by atoms with Gasteiger partial charge in [0.1, 0.15) is 24.4 Å². The molecule has 1 heterocycles. The Morgan fingerprint density at radius 2 is 0.765 bits per heavy atom. The summed E-state index contributed by atoms with van der Waals surface area (Å²) in [4.78, 5) is 25.0. The Hall–Kier alpha value is -1.86. The number of carbonyl (C=O) groups is 2. The average molecular weight is 1200 g/mol. The maximum absolute atomic E-state index is 13.0. The quantitative estimate of drug-likeness (QED) is 0.0195. The van der Waals surface area contributed by atoms with E-state index in [4.69, 9.17) is 14.2 Å². The molecule has 7 atom stereocenters. The Balaban J connectivity index is 1.86. The summed E-state index contributed by atoms with van der Waals surface area (Å²) in [5.41, 5.74) is 0. The molecule has 11 heteroatoms. The van der Waals surface area contributed by atoms with Crippen molar-refractivity contribution >= 4 is 11.9 Å². The van der Waals surface area contributed by atoms with E-state index in [1.165, 1.54) is 295 Å². The van der Waals surface area contributed by atoms with Crippen LogP contribution in [0.3, 0.4) is 0 Å². The first-order valence-corrected chi connectivity index (χ1v) is 37.1. The summed E-state index contributed by atoms with van der Waals surface area (Å²) >= 11 is 0. The van der Waals surface area contributed by atoms with Crippen LogP contribution in [0.15, 0.2) is 24.3 Å². The summed E-state index contributed by atoms with van der Waals surface area (Å²) in [6, 6.07) is -0.821. The van der Waals surface area contributed by atoms with E-state index in [1.54, 1.807) is 6.08 Å². The van der Waals surface area contributed by atoms with Gasteiger partial charge in [-0.15, -0.1) is 0 Å². The summed E-state index contributed by atoms with van der Waals surface area (Å²) in [5.74, 6) is -0.170. The molecule has 1 saturated heterocycles. The van der Waals surface area contributed by atoms with Gasteiger partial charge >= 0.3 is 5.97 Å². The van der Waals surface area contributed by atoms with Crippen LogP contribution in [0.4, 0.5) is 0 Å². The normalized spacial score (nSPS) is 18.0. The number of esters is 1. The van der Waals surface area contributed by atoms with E-state index >= 15 is 0 Å². The standard InChI is InChI=1S/C74H141NO10/c1-3-5-7-9-11-13-41-46-50-54-58-62-70(79)83-63-59-55-51-47-43-40-38-36-34-32-30-28-26-24-22-20-18-16-14-15-17-19-21-23-25-27-29-31-33-35-37-39-42-45-49-53-57-61-69(78)75-66(67(77)60-56-52-48-44-12-10-8-6-4-2)65-84-74-73(82)72(81)71(80)68(64-76)85-74/h12,44,56,60,66-68,71-74,76-77,80-82H,3-11,13-43,45-55,57-59,61-65H2,1-2H3,(H,75,78)/b44-12+,60-56+. The molecule has 1 fully saturated rings. The fourth-order valence-corrected chi connectivity index (χ4v) is 12.0. The molecule has 0 bridgehead atoms. The zero-order chi connectivity index (χ0) is 61.6. The third-order valence-corrected chi connectivity index (χ3v) is 17.8. The Kier molecular flexibility index (Phi) is 60.8. The highest BCUT2D eigenvalue weighted by Gasteiger charge is 2.44. The van der Waals surface area contributed by atoms with E-state index in [2.05, 4.69) is 31.3 Å². The second kappa shape index (κ2) is 63.7. The van der Waals surface area contributed by atoms with Gasteiger partial charge < -0.3 is 45.1 Å². The lowest BCUT2D eigenvalue weighted by Gasteiger charge is -2.40. The van der Waals surface area contributed by atoms with Gasteiger partial charge in [0.15, 0.2) is 6.29 Å². The molecule has 1 aliphatic rings. The smallest absolute Gasteiger partial charge is 0.305 e. The zero-order valence-electron chi connectivity index (χ0n) is 55.8. The van der Waals surface area contributed by atoms with Crippen molar-refractivity contribution in [3.63, 3.8) is 0 Å². The van der Waals surface area contributed by atoms with Crippen molar-refractivity contribution in [1.82, 2.24) is 5.32 Å². The Bertz CT molecular complexity index is 1460. The number of aliphatic hydroxyl groups excluding tert-OH is 5. The highest BCUT2D eigenvalue weighted by molar-refractivity contribution is 5.76. The summed E-state index contributed by atoms with van der Waals surface area (Å²) in [6.07, 6.45) is 70.8. The maximum Gasteiger partial charge on any atom is 0.305 e. The van der Waals surface area contributed by atoms with Crippen LogP contribution < -0.4 is 5.32 Å². The van der Waals surface area contributed by atoms with Crippen LogP contribution in [0.1, 0.15) is 373 Å². The van der Waals surface area contributed by atoms with Crippen molar-refractivity contribution in [2.24, 2.45) is 0 Å². The summed E-state index contributed by atoms with van der Waals surface area (Å²) in [6.45, 7) is 4.32. The topological polar surface area (TPSA) is 175 Å². The first kappa shape index (κ1) is 81.2.